The second-order valence-corrected chi connectivity index (χ2v) is 8.50. The van der Waals surface area contributed by atoms with Gasteiger partial charge in [0.15, 0.2) is 5.43 Å². The van der Waals surface area contributed by atoms with Crippen LogP contribution in [0.3, 0.4) is 0 Å². The van der Waals surface area contributed by atoms with Crippen molar-refractivity contribution in [1.29, 1.82) is 0 Å². The van der Waals surface area contributed by atoms with Gasteiger partial charge in [-0.25, -0.2) is 0 Å². The number of hydrogen-bond donors (Lipinski definition) is 0. The Bertz CT molecular complexity index is 1480. The van der Waals surface area contributed by atoms with Crippen LogP contribution in [0.25, 0.3) is 11.0 Å². The van der Waals surface area contributed by atoms with Gasteiger partial charge in [-0.15, -0.1) is 0 Å². The number of nitro benzene ring substituents is 1. The van der Waals surface area contributed by atoms with Gasteiger partial charge < -0.3 is 4.42 Å². The van der Waals surface area contributed by atoms with Gasteiger partial charge in [-0.05, 0) is 42.8 Å². The zero-order chi connectivity index (χ0) is 22.6. The van der Waals surface area contributed by atoms with Crippen LogP contribution in [0.2, 0.25) is 0 Å². The molecule has 1 aromatic heterocycles. The summed E-state index contributed by atoms with van der Waals surface area (Å²) >= 11 is 3.37. The fourth-order valence-corrected chi connectivity index (χ4v) is 4.40. The van der Waals surface area contributed by atoms with Gasteiger partial charge in [0.1, 0.15) is 5.58 Å². The Hall–Kier alpha value is -3.78. The number of halogens is 1. The van der Waals surface area contributed by atoms with Crippen molar-refractivity contribution in [2.24, 2.45) is 0 Å². The Morgan fingerprint density at radius 2 is 1.78 bits per heavy atom. The molecule has 0 bridgehead atoms. The number of carbonyl (C=O) groups is 1. The molecule has 2 heterocycles. The molecule has 7 nitrogen and oxygen atoms in total. The van der Waals surface area contributed by atoms with Crippen molar-refractivity contribution in [2.45, 2.75) is 13.0 Å². The summed E-state index contributed by atoms with van der Waals surface area (Å²) in [6.07, 6.45) is 0. The molecule has 0 N–H and O–H groups in total. The Morgan fingerprint density at radius 1 is 1.03 bits per heavy atom. The second kappa shape index (κ2) is 7.42. The second-order valence-electron chi connectivity index (χ2n) is 7.58. The summed E-state index contributed by atoms with van der Waals surface area (Å²) in [5.74, 6) is -0.524. The molecule has 0 radical (unpaired) electrons. The van der Waals surface area contributed by atoms with Gasteiger partial charge >= 0.3 is 0 Å². The summed E-state index contributed by atoms with van der Waals surface area (Å²) in [6.45, 7) is 1.93. The third-order valence-corrected chi connectivity index (χ3v) is 6.03. The number of carbonyl (C=O) groups excluding carboxylic acids is 1. The lowest BCUT2D eigenvalue weighted by Gasteiger charge is -2.25. The molecular formula is C24H15BrN2O5. The standard InChI is InChI=1S/C24H15BrN2O5/c1-13-5-8-16(9-6-13)26-21(14-3-2-4-17(11-14)27(30)31)20-22(28)18-12-15(25)7-10-19(18)32-23(20)24(26)29/h2-12,21H,1H3. The lowest BCUT2D eigenvalue weighted by Crippen LogP contribution is -2.29. The van der Waals surface area contributed by atoms with Crippen molar-refractivity contribution in [2.75, 3.05) is 4.90 Å². The molecule has 158 valence electrons. The van der Waals surface area contributed by atoms with Gasteiger partial charge in [-0.2, -0.15) is 0 Å². The van der Waals surface area contributed by atoms with Crippen molar-refractivity contribution in [3.8, 4) is 0 Å². The third kappa shape index (κ3) is 3.11. The van der Waals surface area contributed by atoms with E-state index in [9.17, 15) is 19.7 Å². The minimum atomic E-state index is -0.861. The van der Waals surface area contributed by atoms with Crippen LogP contribution >= 0.6 is 15.9 Å². The molecule has 1 atom stereocenters. The van der Waals surface area contributed by atoms with Crippen molar-refractivity contribution in [1.82, 2.24) is 0 Å². The van der Waals surface area contributed by atoms with Crippen LogP contribution in [0, 0.1) is 17.0 Å². The molecule has 32 heavy (non-hydrogen) atoms. The molecule has 0 spiro atoms. The number of fused-ring (bicyclic) bond motifs is 2. The SMILES string of the molecule is Cc1ccc(N2C(=O)c3oc4ccc(Br)cc4c(=O)c3C2c2cccc([N+](=O)[O-])c2)cc1. The fourth-order valence-electron chi connectivity index (χ4n) is 4.04. The Morgan fingerprint density at radius 3 is 2.50 bits per heavy atom. The highest BCUT2D eigenvalue weighted by atomic mass is 79.9. The Balaban J connectivity index is 1.82. The average molecular weight is 491 g/mol. The van der Waals surface area contributed by atoms with E-state index in [0.717, 1.165) is 5.56 Å². The molecule has 8 heteroatoms. The van der Waals surface area contributed by atoms with Crippen molar-refractivity contribution >= 4 is 44.2 Å². The van der Waals surface area contributed by atoms with Crippen LogP contribution in [-0.4, -0.2) is 10.8 Å². The fraction of sp³-hybridized carbons (Fsp3) is 0.0833. The van der Waals surface area contributed by atoms with Gasteiger partial charge in [0.25, 0.3) is 11.6 Å². The zero-order valence-electron chi connectivity index (χ0n) is 16.7. The summed E-state index contributed by atoms with van der Waals surface area (Å²) in [5.41, 5.74) is 2.02. The molecule has 5 rings (SSSR count). The van der Waals surface area contributed by atoms with E-state index in [4.69, 9.17) is 4.42 Å². The first-order valence-electron chi connectivity index (χ1n) is 9.76. The predicted molar refractivity (Wildman–Crippen MR) is 123 cm³/mol. The van der Waals surface area contributed by atoms with E-state index in [2.05, 4.69) is 15.9 Å². The van der Waals surface area contributed by atoms with Crippen LogP contribution in [-0.2, 0) is 0 Å². The summed E-state index contributed by atoms with van der Waals surface area (Å²) < 4.78 is 6.61. The Kier molecular flexibility index (Phi) is 4.67. The lowest BCUT2D eigenvalue weighted by atomic mass is 9.97. The molecule has 0 saturated carbocycles. The van der Waals surface area contributed by atoms with E-state index in [1.807, 2.05) is 19.1 Å². The maximum atomic E-state index is 13.6. The summed E-state index contributed by atoms with van der Waals surface area (Å²) in [4.78, 5) is 39.4. The lowest BCUT2D eigenvalue weighted by molar-refractivity contribution is -0.384. The van der Waals surface area contributed by atoms with E-state index in [-0.39, 0.29) is 22.4 Å². The number of amides is 1. The van der Waals surface area contributed by atoms with E-state index in [1.165, 1.54) is 17.0 Å². The van der Waals surface area contributed by atoms with Gasteiger partial charge in [0.05, 0.1) is 21.9 Å². The zero-order valence-corrected chi connectivity index (χ0v) is 18.3. The quantitative estimate of drug-likeness (QED) is 0.278. The van der Waals surface area contributed by atoms with Crippen LogP contribution < -0.4 is 10.3 Å². The van der Waals surface area contributed by atoms with Crippen molar-refractivity contribution in [3.05, 3.63) is 114 Å². The van der Waals surface area contributed by atoms with Gasteiger partial charge in [-0.3, -0.25) is 24.6 Å². The highest BCUT2D eigenvalue weighted by Crippen LogP contribution is 2.42. The van der Waals surface area contributed by atoms with Crippen LogP contribution in [0.5, 0.6) is 0 Å². The minimum absolute atomic E-state index is 0.0538. The first kappa shape index (κ1) is 20.1. The predicted octanol–water partition coefficient (Wildman–Crippen LogP) is 5.52. The van der Waals surface area contributed by atoms with Crippen LogP contribution in [0.15, 0.2) is 80.4 Å². The number of rotatable bonds is 3. The number of benzene rings is 3. The minimum Gasteiger partial charge on any atom is -0.450 e. The topological polar surface area (TPSA) is 93.7 Å². The molecule has 1 unspecified atom stereocenters. The normalized spacial score (nSPS) is 15.2. The number of nitro groups is 1. The molecule has 4 aromatic rings. The molecule has 3 aromatic carbocycles. The number of non-ortho nitro benzene ring substituents is 1. The monoisotopic (exact) mass is 490 g/mol. The molecule has 0 aliphatic carbocycles. The van der Waals surface area contributed by atoms with Crippen LogP contribution in [0.1, 0.15) is 33.3 Å². The first-order chi connectivity index (χ1) is 15.3. The van der Waals surface area contributed by atoms with Crippen molar-refractivity contribution in [3.63, 3.8) is 0 Å². The highest BCUT2D eigenvalue weighted by molar-refractivity contribution is 9.10. The number of nitrogens with zero attached hydrogens (tertiary/aromatic N) is 2. The molecule has 1 aliphatic heterocycles. The summed E-state index contributed by atoms with van der Waals surface area (Å²) in [6, 6.07) is 17.4. The van der Waals surface area contributed by atoms with E-state index < -0.39 is 16.9 Å². The maximum Gasteiger partial charge on any atom is 0.295 e. The number of hydrogen-bond acceptors (Lipinski definition) is 5. The summed E-state index contributed by atoms with van der Waals surface area (Å²) in [5, 5.41) is 11.7. The molecule has 1 amide bonds. The number of aryl methyl sites for hydroxylation is 1. The van der Waals surface area contributed by atoms with E-state index in [0.29, 0.717) is 26.7 Å². The highest BCUT2D eigenvalue weighted by Gasteiger charge is 2.44. The van der Waals surface area contributed by atoms with E-state index >= 15 is 0 Å². The third-order valence-electron chi connectivity index (χ3n) is 5.54. The molecule has 0 saturated heterocycles. The first-order valence-corrected chi connectivity index (χ1v) is 10.6. The van der Waals surface area contributed by atoms with Crippen molar-refractivity contribution < 1.29 is 14.1 Å². The van der Waals surface area contributed by atoms with E-state index in [1.54, 1.807) is 42.5 Å². The number of anilines is 1. The molecule has 1 aliphatic rings. The Labute approximate surface area is 190 Å². The van der Waals surface area contributed by atoms with Gasteiger partial charge in [0.2, 0.25) is 5.76 Å². The molecule has 0 fully saturated rings. The average Bonchev–Trinajstić information content (AvgIpc) is 3.07. The van der Waals surface area contributed by atoms with Gasteiger partial charge in [0, 0.05) is 22.3 Å². The maximum absolute atomic E-state index is 13.6. The van der Waals surface area contributed by atoms with Crippen LogP contribution in [0.4, 0.5) is 11.4 Å². The largest absolute Gasteiger partial charge is 0.450 e. The van der Waals surface area contributed by atoms with Gasteiger partial charge in [-0.1, -0.05) is 45.8 Å². The smallest absolute Gasteiger partial charge is 0.295 e. The summed E-state index contributed by atoms with van der Waals surface area (Å²) in [7, 11) is 0. The molecular weight excluding hydrogens is 476 g/mol.